The van der Waals surface area contributed by atoms with Crippen molar-refractivity contribution < 1.29 is 9.72 Å². The quantitative estimate of drug-likeness (QED) is 0.680. The predicted molar refractivity (Wildman–Crippen MR) is 76.2 cm³/mol. The summed E-state index contributed by atoms with van der Waals surface area (Å²) in [7, 11) is 0. The van der Waals surface area contributed by atoms with Crippen LogP contribution < -0.4 is 5.32 Å². The van der Waals surface area contributed by atoms with E-state index in [0.29, 0.717) is 24.0 Å². The molecule has 0 unspecified atom stereocenters. The van der Waals surface area contributed by atoms with Gasteiger partial charge in [-0.2, -0.15) is 5.26 Å². The third kappa shape index (κ3) is 2.87. The van der Waals surface area contributed by atoms with E-state index in [-0.39, 0.29) is 18.1 Å². The molecule has 0 spiro atoms. The molecule has 1 saturated carbocycles. The number of hydrogen-bond acceptors (Lipinski definition) is 4. The molecule has 1 N–H and O–H groups in total. The van der Waals surface area contributed by atoms with Crippen molar-refractivity contribution in [2.45, 2.75) is 39.2 Å². The number of benzene rings is 1. The number of nitro benzene ring substituents is 1. The number of nitrogens with one attached hydrogen (secondary N) is 1. The Kier molecular flexibility index (Phi) is 4.22. The van der Waals surface area contributed by atoms with Crippen molar-refractivity contribution in [1.82, 2.24) is 5.32 Å². The van der Waals surface area contributed by atoms with Gasteiger partial charge in [0.1, 0.15) is 5.41 Å². The van der Waals surface area contributed by atoms with Crippen LogP contribution in [0.25, 0.3) is 0 Å². The molecule has 0 aliphatic heterocycles. The van der Waals surface area contributed by atoms with Gasteiger partial charge >= 0.3 is 0 Å². The zero-order valence-corrected chi connectivity index (χ0v) is 11.9. The Hall–Kier alpha value is -2.42. The first-order chi connectivity index (χ1) is 10.00. The summed E-state index contributed by atoms with van der Waals surface area (Å²) >= 11 is 0. The number of nitrogens with zero attached hydrogens (tertiary/aromatic N) is 2. The summed E-state index contributed by atoms with van der Waals surface area (Å²) in [6.07, 6.45) is 2.94. The van der Waals surface area contributed by atoms with Crippen molar-refractivity contribution >= 4 is 11.6 Å². The first-order valence-electron chi connectivity index (χ1n) is 6.92. The van der Waals surface area contributed by atoms with Crippen LogP contribution >= 0.6 is 0 Å². The van der Waals surface area contributed by atoms with Crippen molar-refractivity contribution in [3.63, 3.8) is 0 Å². The Balaban J connectivity index is 2.10. The lowest BCUT2D eigenvalue weighted by Gasteiger charge is -2.19. The third-order valence-electron chi connectivity index (χ3n) is 4.16. The summed E-state index contributed by atoms with van der Waals surface area (Å²) in [5, 5.41) is 22.9. The first kappa shape index (κ1) is 15.0. The fourth-order valence-corrected chi connectivity index (χ4v) is 2.77. The average molecular weight is 287 g/mol. The van der Waals surface area contributed by atoms with Gasteiger partial charge in [-0.1, -0.05) is 25.0 Å². The van der Waals surface area contributed by atoms with Crippen LogP contribution in [0.2, 0.25) is 0 Å². The number of carbonyl (C=O) groups is 1. The molecule has 1 fully saturated rings. The number of nitriles is 1. The second-order valence-electron chi connectivity index (χ2n) is 5.40. The minimum absolute atomic E-state index is 0.0395. The molecule has 0 radical (unpaired) electrons. The van der Waals surface area contributed by atoms with Crippen molar-refractivity contribution in [2.75, 3.05) is 0 Å². The fraction of sp³-hybridized carbons (Fsp3) is 0.467. The Morgan fingerprint density at radius 3 is 2.71 bits per heavy atom. The van der Waals surface area contributed by atoms with Crippen LogP contribution in [-0.4, -0.2) is 10.8 Å². The van der Waals surface area contributed by atoms with E-state index in [9.17, 15) is 20.2 Å². The molecule has 1 aromatic rings. The summed E-state index contributed by atoms with van der Waals surface area (Å²) in [4.78, 5) is 22.7. The molecule has 1 aromatic carbocycles. The summed E-state index contributed by atoms with van der Waals surface area (Å²) in [6, 6.07) is 6.92. The van der Waals surface area contributed by atoms with Crippen molar-refractivity contribution in [2.24, 2.45) is 5.41 Å². The molecule has 0 atom stereocenters. The van der Waals surface area contributed by atoms with Crippen LogP contribution in [-0.2, 0) is 11.3 Å². The highest BCUT2D eigenvalue weighted by molar-refractivity contribution is 5.85. The highest BCUT2D eigenvalue weighted by Crippen LogP contribution is 2.37. The van der Waals surface area contributed by atoms with E-state index < -0.39 is 10.3 Å². The van der Waals surface area contributed by atoms with E-state index in [1.807, 2.05) is 0 Å². The summed E-state index contributed by atoms with van der Waals surface area (Å²) in [6.45, 7) is 1.87. The minimum atomic E-state index is -0.922. The van der Waals surface area contributed by atoms with Crippen LogP contribution in [0.15, 0.2) is 18.2 Å². The number of nitro groups is 1. The van der Waals surface area contributed by atoms with Gasteiger partial charge in [-0.3, -0.25) is 14.9 Å². The standard InChI is InChI=1S/C15H17N3O3/c1-11-12(5-4-6-13(11)18(20)21)9-17-14(19)15(10-16)7-2-3-8-15/h4-6H,2-3,7-9H2,1H3,(H,17,19). The van der Waals surface area contributed by atoms with E-state index in [2.05, 4.69) is 11.4 Å². The number of rotatable bonds is 4. The van der Waals surface area contributed by atoms with Crippen LogP contribution in [0.1, 0.15) is 36.8 Å². The van der Waals surface area contributed by atoms with Crippen molar-refractivity contribution in [1.29, 1.82) is 5.26 Å². The van der Waals surface area contributed by atoms with E-state index in [4.69, 9.17) is 0 Å². The largest absolute Gasteiger partial charge is 0.351 e. The molecule has 1 amide bonds. The lowest BCUT2D eigenvalue weighted by Crippen LogP contribution is -2.37. The Bertz CT molecular complexity index is 613. The molecule has 0 bridgehead atoms. The zero-order valence-electron chi connectivity index (χ0n) is 11.9. The minimum Gasteiger partial charge on any atom is -0.351 e. The second-order valence-corrected chi connectivity index (χ2v) is 5.40. The first-order valence-corrected chi connectivity index (χ1v) is 6.92. The van der Waals surface area contributed by atoms with Crippen LogP contribution in [0.4, 0.5) is 5.69 Å². The topological polar surface area (TPSA) is 96.0 Å². The molecule has 1 aliphatic rings. The second kappa shape index (κ2) is 5.92. The van der Waals surface area contributed by atoms with Gasteiger partial charge in [0.2, 0.25) is 5.91 Å². The van der Waals surface area contributed by atoms with Gasteiger partial charge in [0.15, 0.2) is 0 Å². The number of hydrogen-bond donors (Lipinski definition) is 1. The summed E-state index contributed by atoms with van der Waals surface area (Å²) in [5.41, 5.74) is 0.357. The molecule has 110 valence electrons. The van der Waals surface area contributed by atoms with Crippen LogP contribution in [0, 0.1) is 33.8 Å². The van der Waals surface area contributed by atoms with E-state index >= 15 is 0 Å². The molecule has 0 saturated heterocycles. The van der Waals surface area contributed by atoms with Gasteiger partial charge < -0.3 is 5.32 Å². The maximum absolute atomic E-state index is 12.2. The smallest absolute Gasteiger partial charge is 0.272 e. The maximum Gasteiger partial charge on any atom is 0.272 e. The third-order valence-corrected chi connectivity index (χ3v) is 4.16. The lowest BCUT2D eigenvalue weighted by molar-refractivity contribution is -0.385. The monoisotopic (exact) mass is 287 g/mol. The van der Waals surface area contributed by atoms with Gasteiger partial charge in [0.05, 0.1) is 11.0 Å². The average Bonchev–Trinajstić information content (AvgIpc) is 2.95. The summed E-state index contributed by atoms with van der Waals surface area (Å²) in [5.74, 6) is -0.270. The molecule has 6 nitrogen and oxygen atoms in total. The molecule has 2 rings (SSSR count). The molecular formula is C15H17N3O3. The Morgan fingerprint density at radius 2 is 2.14 bits per heavy atom. The van der Waals surface area contributed by atoms with E-state index in [0.717, 1.165) is 12.8 Å². The van der Waals surface area contributed by atoms with E-state index in [1.165, 1.54) is 6.07 Å². The van der Waals surface area contributed by atoms with Gasteiger partial charge in [-0.05, 0) is 25.3 Å². The maximum atomic E-state index is 12.2. The fourth-order valence-electron chi connectivity index (χ4n) is 2.77. The molecule has 0 aromatic heterocycles. The Labute approximate surface area is 122 Å². The number of carbonyl (C=O) groups excluding carboxylic acids is 1. The Morgan fingerprint density at radius 1 is 1.48 bits per heavy atom. The van der Waals surface area contributed by atoms with Crippen LogP contribution in [0.3, 0.4) is 0 Å². The molecule has 21 heavy (non-hydrogen) atoms. The van der Waals surface area contributed by atoms with Gasteiger partial charge in [-0.25, -0.2) is 0 Å². The number of amides is 1. The highest BCUT2D eigenvalue weighted by Gasteiger charge is 2.41. The molecular weight excluding hydrogens is 270 g/mol. The molecule has 1 aliphatic carbocycles. The zero-order chi connectivity index (χ0) is 15.5. The summed E-state index contributed by atoms with van der Waals surface area (Å²) < 4.78 is 0. The van der Waals surface area contributed by atoms with Gasteiger partial charge in [-0.15, -0.1) is 0 Å². The predicted octanol–water partition coefficient (Wildman–Crippen LogP) is 2.60. The van der Waals surface area contributed by atoms with Crippen molar-refractivity contribution in [3.8, 4) is 6.07 Å². The van der Waals surface area contributed by atoms with Crippen LogP contribution in [0.5, 0.6) is 0 Å². The van der Waals surface area contributed by atoms with Gasteiger partial charge in [0.25, 0.3) is 5.69 Å². The van der Waals surface area contributed by atoms with E-state index in [1.54, 1.807) is 19.1 Å². The SMILES string of the molecule is Cc1c(CNC(=O)C2(C#N)CCCC2)cccc1[N+](=O)[O-]. The van der Waals surface area contributed by atoms with Gasteiger partial charge in [0, 0.05) is 18.2 Å². The van der Waals surface area contributed by atoms with Crippen molar-refractivity contribution in [3.05, 3.63) is 39.4 Å². The lowest BCUT2D eigenvalue weighted by atomic mass is 9.87. The highest BCUT2D eigenvalue weighted by atomic mass is 16.6. The molecule has 6 heteroatoms. The molecule has 0 heterocycles. The normalized spacial score (nSPS) is 16.2.